The van der Waals surface area contributed by atoms with E-state index in [1.165, 1.54) is 11.8 Å². The fourth-order valence-electron chi connectivity index (χ4n) is 4.71. The first-order valence-electron chi connectivity index (χ1n) is 13.1. The maximum atomic E-state index is 14.0. The van der Waals surface area contributed by atoms with E-state index in [1.807, 2.05) is 61.5 Å². The molecule has 8 heteroatoms. The summed E-state index contributed by atoms with van der Waals surface area (Å²) in [6.07, 6.45) is -1.32. The smallest absolute Gasteiger partial charge is 0.308 e. The van der Waals surface area contributed by atoms with E-state index >= 15 is 0 Å². The molecule has 41 heavy (non-hydrogen) atoms. The molecule has 204 valence electrons. The molecule has 0 spiro atoms. The maximum absolute atomic E-state index is 14.0. The minimum Gasteiger partial charge on any atom is -0.308 e. The van der Waals surface area contributed by atoms with Gasteiger partial charge in [-0.25, -0.2) is 9.79 Å². The lowest BCUT2D eigenvalue weighted by atomic mass is 9.99. The van der Waals surface area contributed by atoms with Crippen molar-refractivity contribution in [3.8, 4) is 0 Å². The summed E-state index contributed by atoms with van der Waals surface area (Å²) >= 11 is 0. The van der Waals surface area contributed by atoms with E-state index in [-0.39, 0.29) is 18.1 Å². The molecule has 4 aromatic rings. The van der Waals surface area contributed by atoms with Crippen molar-refractivity contribution < 1.29 is 19.2 Å². The second kappa shape index (κ2) is 11.8. The van der Waals surface area contributed by atoms with Crippen LogP contribution in [0.3, 0.4) is 0 Å². The number of benzodiazepines with no additional fused rings is 1. The zero-order valence-electron chi connectivity index (χ0n) is 22.6. The second-order valence-electron chi connectivity index (χ2n) is 9.66. The van der Waals surface area contributed by atoms with Crippen molar-refractivity contribution in [1.29, 1.82) is 0 Å². The molecule has 1 unspecified atom stereocenters. The number of hydrogen-bond acceptors (Lipinski definition) is 5. The first-order chi connectivity index (χ1) is 19.8. The summed E-state index contributed by atoms with van der Waals surface area (Å²) < 4.78 is 0. The second-order valence-corrected chi connectivity index (χ2v) is 9.66. The van der Waals surface area contributed by atoms with Crippen LogP contribution in [-0.4, -0.2) is 41.9 Å². The van der Waals surface area contributed by atoms with Crippen LogP contribution in [0.15, 0.2) is 108 Å². The molecule has 1 aliphatic rings. The van der Waals surface area contributed by atoms with E-state index in [0.717, 1.165) is 11.1 Å². The van der Waals surface area contributed by atoms with Crippen LogP contribution in [0.2, 0.25) is 0 Å². The summed E-state index contributed by atoms with van der Waals surface area (Å²) in [4.78, 5) is 58.3. The average molecular weight is 545 g/mol. The number of carbonyl (C=O) groups is 4. The highest BCUT2D eigenvalue weighted by molar-refractivity contribution is 6.21. The van der Waals surface area contributed by atoms with Gasteiger partial charge in [0.05, 0.1) is 17.9 Å². The molecule has 1 atom stereocenters. The van der Waals surface area contributed by atoms with Crippen LogP contribution in [0.4, 0.5) is 16.2 Å². The molecule has 0 saturated heterocycles. The van der Waals surface area contributed by atoms with Gasteiger partial charge in [-0.05, 0) is 49.7 Å². The lowest BCUT2D eigenvalue weighted by Crippen LogP contribution is -2.50. The number of Topliss-reactive ketones (excluding diaryl/α,β-unsaturated/α-hetero) is 2. The molecule has 3 amide bonds. The number of ketones is 2. The summed E-state index contributed by atoms with van der Waals surface area (Å²) in [6, 6.07) is 29.6. The molecule has 0 bridgehead atoms. The third-order valence-electron chi connectivity index (χ3n) is 6.82. The minimum absolute atomic E-state index is 0.0901. The molecular formula is C33H28N4O4. The number of aryl methyl sites for hydroxylation is 1. The van der Waals surface area contributed by atoms with Crippen LogP contribution in [0.25, 0.3) is 0 Å². The fourth-order valence-corrected chi connectivity index (χ4v) is 4.71. The van der Waals surface area contributed by atoms with Crippen molar-refractivity contribution in [2.45, 2.75) is 20.0 Å². The molecule has 0 aromatic heterocycles. The third kappa shape index (κ3) is 5.96. The third-order valence-corrected chi connectivity index (χ3v) is 6.82. The quantitative estimate of drug-likeness (QED) is 0.303. The Labute approximate surface area is 237 Å². The number of carbonyl (C=O) groups excluding carboxylic acids is 4. The van der Waals surface area contributed by atoms with Crippen LogP contribution < -0.4 is 15.5 Å². The molecule has 1 heterocycles. The van der Waals surface area contributed by atoms with E-state index in [1.54, 1.807) is 48.5 Å². The first-order valence-corrected chi connectivity index (χ1v) is 13.1. The van der Waals surface area contributed by atoms with Gasteiger partial charge in [-0.3, -0.25) is 14.4 Å². The number of nitrogens with one attached hydrogen (secondary N) is 2. The van der Waals surface area contributed by atoms with E-state index in [0.29, 0.717) is 33.8 Å². The molecule has 0 radical (unpaired) electrons. The highest BCUT2D eigenvalue weighted by atomic mass is 16.2. The number of anilines is 2. The largest absolute Gasteiger partial charge is 0.321 e. The zero-order valence-corrected chi connectivity index (χ0v) is 22.6. The van der Waals surface area contributed by atoms with E-state index in [9.17, 15) is 19.2 Å². The SMILES string of the molecule is CC(=O)c1ccc(NC(=O)NC2N=C(c3ccccc3)c3ccccc3N(CC(=O)c3ccccc3C)C2=O)cc1. The molecule has 8 nitrogen and oxygen atoms in total. The molecule has 0 aliphatic carbocycles. The number of nitrogens with zero attached hydrogens (tertiary/aromatic N) is 2. The number of hydrogen-bond donors (Lipinski definition) is 2. The topological polar surface area (TPSA) is 108 Å². The summed E-state index contributed by atoms with van der Waals surface area (Å²) in [5.41, 5.74) is 4.72. The molecule has 1 aliphatic heterocycles. The Morgan fingerprint density at radius 1 is 0.829 bits per heavy atom. The number of amides is 3. The first kappa shape index (κ1) is 27.2. The standard InChI is InChI=1S/C33H28N4O4/c1-21-10-6-7-13-26(21)29(39)20-37-28-15-9-8-14-27(28)30(24-11-4-3-5-12-24)35-31(32(37)40)36-33(41)34-25-18-16-23(17-19-25)22(2)38/h3-19,31H,20H2,1-2H3,(H2,34,36,41). The van der Waals surface area contributed by atoms with Gasteiger partial charge < -0.3 is 15.5 Å². The minimum atomic E-state index is -1.32. The lowest BCUT2D eigenvalue weighted by Gasteiger charge is -2.25. The van der Waals surface area contributed by atoms with Gasteiger partial charge in [-0.2, -0.15) is 0 Å². The van der Waals surface area contributed by atoms with Crippen LogP contribution >= 0.6 is 0 Å². The monoisotopic (exact) mass is 544 g/mol. The highest BCUT2D eigenvalue weighted by Crippen LogP contribution is 2.29. The highest BCUT2D eigenvalue weighted by Gasteiger charge is 2.34. The van der Waals surface area contributed by atoms with Gasteiger partial charge in [0.25, 0.3) is 5.91 Å². The Balaban J connectivity index is 1.51. The average Bonchev–Trinajstić information content (AvgIpc) is 3.09. The molecule has 0 saturated carbocycles. The van der Waals surface area contributed by atoms with Crippen molar-refractivity contribution in [3.05, 3.63) is 131 Å². The summed E-state index contributed by atoms with van der Waals surface area (Å²) in [5.74, 6) is -0.872. The van der Waals surface area contributed by atoms with Gasteiger partial charge in [0, 0.05) is 27.9 Å². The Morgan fingerprint density at radius 2 is 1.49 bits per heavy atom. The Morgan fingerprint density at radius 3 is 2.20 bits per heavy atom. The summed E-state index contributed by atoms with van der Waals surface area (Å²) in [7, 11) is 0. The zero-order chi connectivity index (χ0) is 28.9. The molecule has 4 aromatic carbocycles. The number of benzene rings is 4. The summed E-state index contributed by atoms with van der Waals surface area (Å²) in [5, 5.41) is 5.37. The van der Waals surface area contributed by atoms with E-state index in [4.69, 9.17) is 4.99 Å². The normalized spacial score (nSPS) is 14.4. The van der Waals surface area contributed by atoms with Gasteiger partial charge in [0.15, 0.2) is 11.6 Å². The van der Waals surface area contributed by atoms with Crippen LogP contribution in [-0.2, 0) is 4.79 Å². The van der Waals surface area contributed by atoms with Crippen molar-refractivity contribution in [2.24, 2.45) is 4.99 Å². The van der Waals surface area contributed by atoms with Crippen LogP contribution in [0.1, 0.15) is 44.3 Å². The Kier molecular flexibility index (Phi) is 7.83. The molecule has 2 N–H and O–H groups in total. The molecule has 0 fully saturated rings. The number of urea groups is 1. The van der Waals surface area contributed by atoms with Gasteiger partial charge in [0.2, 0.25) is 6.17 Å². The number of aliphatic imine (C=N–C) groups is 1. The van der Waals surface area contributed by atoms with Gasteiger partial charge in [-0.15, -0.1) is 0 Å². The van der Waals surface area contributed by atoms with Crippen molar-refractivity contribution in [2.75, 3.05) is 16.8 Å². The predicted molar refractivity (Wildman–Crippen MR) is 159 cm³/mol. The Hall–Kier alpha value is -5.37. The van der Waals surface area contributed by atoms with E-state index < -0.39 is 18.1 Å². The van der Waals surface area contributed by atoms with Crippen LogP contribution in [0, 0.1) is 6.92 Å². The molecular weight excluding hydrogens is 516 g/mol. The Bertz CT molecular complexity index is 1660. The van der Waals surface area contributed by atoms with Gasteiger partial charge >= 0.3 is 6.03 Å². The summed E-state index contributed by atoms with van der Waals surface area (Å²) in [6.45, 7) is 3.08. The number of rotatable bonds is 7. The maximum Gasteiger partial charge on any atom is 0.321 e. The molecule has 5 rings (SSSR count). The number of para-hydroxylation sites is 1. The number of fused-ring (bicyclic) bond motifs is 1. The van der Waals surface area contributed by atoms with Crippen molar-refractivity contribution in [3.63, 3.8) is 0 Å². The van der Waals surface area contributed by atoms with Crippen molar-refractivity contribution >= 4 is 40.6 Å². The predicted octanol–water partition coefficient (Wildman–Crippen LogP) is 5.41. The van der Waals surface area contributed by atoms with Gasteiger partial charge in [-0.1, -0.05) is 72.8 Å². The van der Waals surface area contributed by atoms with Gasteiger partial charge in [0.1, 0.15) is 0 Å². The lowest BCUT2D eigenvalue weighted by molar-refractivity contribution is -0.120. The van der Waals surface area contributed by atoms with E-state index in [2.05, 4.69) is 10.6 Å². The van der Waals surface area contributed by atoms with Crippen LogP contribution in [0.5, 0.6) is 0 Å². The van der Waals surface area contributed by atoms with Crippen molar-refractivity contribution in [1.82, 2.24) is 5.32 Å². The fraction of sp³-hybridized carbons (Fsp3) is 0.121.